The molecule has 0 spiro atoms. The average Bonchev–Trinajstić information content (AvgIpc) is 3.28. The van der Waals surface area contributed by atoms with Crippen LogP contribution < -0.4 is 5.73 Å². The SMILES string of the molecule is Nc1nc2c(sc3nc(-c4cccs4)cc(C(F)(F)F)c32)c2ccccc12. The van der Waals surface area contributed by atoms with Gasteiger partial charge in [-0.05, 0) is 17.5 Å². The molecule has 0 unspecified atom stereocenters. The summed E-state index contributed by atoms with van der Waals surface area (Å²) in [5.41, 5.74) is 5.87. The minimum atomic E-state index is -4.52. The first-order valence-corrected chi connectivity index (χ1v) is 9.65. The first kappa shape index (κ1) is 16.5. The van der Waals surface area contributed by atoms with Crippen LogP contribution in [0.4, 0.5) is 19.0 Å². The van der Waals surface area contributed by atoms with Crippen molar-refractivity contribution in [3.63, 3.8) is 0 Å². The summed E-state index contributed by atoms with van der Waals surface area (Å²) in [6.45, 7) is 0. The molecule has 3 nitrogen and oxygen atoms in total. The van der Waals surface area contributed by atoms with Crippen molar-refractivity contribution in [2.24, 2.45) is 0 Å². The zero-order chi connectivity index (χ0) is 18.8. The number of fused-ring (bicyclic) bond motifs is 5. The molecule has 5 rings (SSSR count). The number of anilines is 1. The minimum Gasteiger partial charge on any atom is -0.383 e. The van der Waals surface area contributed by atoms with Crippen LogP contribution >= 0.6 is 22.7 Å². The van der Waals surface area contributed by atoms with Crippen molar-refractivity contribution in [2.45, 2.75) is 6.18 Å². The third-order valence-corrected chi connectivity index (χ3v) is 6.39. The van der Waals surface area contributed by atoms with E-state index in [1.54, 1.807) is 12.1 Å². The molecule has 0 fully saturated rings. The van der Waals surface area contributed by atoms with E-state index in [4.69, 9.17) is 5.73 Å². The van der Waals surface area contributed by atoms with Crippen molar-refractivity contribution in [3.05, 3.63) is 53.4 Å². The lowest BCUT2D eigenvalue weighted by Crippen LogP contribution is -2.06. The van der Waals surface area contributed by atoms with Crippen molar-refractivity contribution >= 4 is 59.7 Å². The number of pyridine rings is 2. The van der Waals surface area contributed by atoms with Gasteiger partial charge in [0, 0.05) is 10.8 Å². The van der Waals surface area contributed by atoms with E-state index >= 15 is 0 Å². The van der Waals surface area contributed by atoms with Crippen LogP contribution in [-0.2, 0) is 6.18 Å². The van der Waals surface area contributed by atoms with E-state index in [2.05, 4.69) is 9.97 Å². The molecule has 0 saturated heterocycles. The molecule has 0 aliphatic carbocycles. The number of nitrogens with zero attached hydrogens (tertiary/aromatic N) is 2. The standard InChI is InChI=1S/C19H10F3N3S2/c20-19(21,22)11-8-12(13-6-3-7-26-13)24-18-14(11)15-16(27-18)9-4-1-2-5-10(9)17(23)25-15/h1-8H,(H2,23,25). The second-order valence-corrected chi connectivity index (χ2v) is 7.98. The summed E-state index contributed by atoms with van der Waals surface area (Å²) in [7, 11) is 0. The van der Waals surface area contributed by atoms with Crippen LogP contribution in [0, 0.1) is 0 Å². The molecule has 27 heavy (non-hydrogen) atoms. The zero-order valence-electron chi connectivity index (χ0n) is 13.5. The molecule has 0 atom stereocenters. The van der Waals surface area contributed by atoms with Gasteiger partial charge in [-0.25, -0.2) is 9.97 Å². The molecule has 4 heterocycles. The Labute approximate surface area is 158 Å². The number of aromatic nitrogens is 2. The van der Waals surface area contributed by atoms with Crippen molar-refractivity contribution in [3.8, 4) is 10.6 Å². The smallest absolute Gasteiger partial charge is 0.383 e. The number of thiophene rings is 2. The number of nitrogens with two attached hydrogens (primary N) is 1. The second-order valence-electron chi connectivity index (χ2n) is 6.03. The second kappa shape index (κ2) is 5.64. The Morgan fingerprint density at radius 1 is 0.963 bits per heavy atom. The lowest BCUT2D eigenvalue weighted by Gasteiger charge is -2.10. The van der Waals surface area contributed by atoms with E-state index in [0.717, 1.165) is 16.8 Å². The Balaban J connectivity index is 1.98. The molecule has 4 aromatic heterocycles. The summed E-state index contributed by atoms with van der Waals surface area (Å²) < 4.78 is 42.3. The monoisotopic (exact) mass is 401 g/mol. The number of halogens is 3. The molecule has 5 aromatic rings. The van der Waals surface area contributed by atoms with Crippen molar-refractivity contribution in [2.75, 3.05) is 5.73 Å². The minimum absolute atomic E-state index is 0.0141. The molecule has 0 bridgehead atoms. The predicted octanol–water partition coefficient (Wildman–Crippen LogP) is 6.33. The Morgan fingerprint density at radius 2 is 1.74 bits per heavy atom. The number of nitrogen functional groups attached to an aromatic ring is 1. The fraction of sp³-hybridized carbons (Fsp3) is 0.0526. The maximum absolute atomic E-state index is 13.9. The molecule has 0 saturated carbocycles. The number of hydrogen-bond donors (Lipinski definition) is 1. The third-order valence-electron chi connectivity index (χ3n) is 4.40. The van der Waals surface area contributed by atoms with Crippen LogP contribution in [0.3, 0.4) is 0 Å². The highest BCUT2D eigenvalue weighted by molar-refractivity contribution is 7.26. The van der Waals surface area contributed by atoms with Crippen molar-refractivity contribution in [1.29, 1.82) is 0 Å². The molecule has 134 valence electrons. The van der Waals surface area contributed by atoms with Crippen LogP contribution in [0.25, 0.3) is 41.8 Å². The molecule has 0 aliphatic heterocycles. The Bertz CT molecular complexity index is 1320. The summed E-state index contributed by atoms with van der Waals surface area (Å²) in [5.74, 6) is 0.216. The Kier molecular flexibility index (Phi) is 3.44. The normalized spacial score (nSPS) is 12.4. The maximum atomic E-state index is 13.9. The summed E-state index contributed by atoms with van der Waals surface area (Å²) in [6, 6.07) is 12.0. The van der Waals surface area contributed by atoms with E-state index in [9.17, 15) is 13.2 Å². The number of hydrogen-bond acceptors (Lipinski definition) is 5. The summed E-state index contributed by atoms with van der Waals surface area (Å²) in [5, 5.41) is 3.34. The number of alkyl halides is 3. The van der Waals surface area contributed by atoms with Crippen LogP contribution in [0.15, 0.2) is 47.8 Å². The third kappa shape index (κ3) is 2.48. The predicted molar refractivity (Wildman–Crippen MR) is 105 cm³/mol. The van der Waals surface area contributed by atoms with Gasteiger partial charge in [-0.3, -0.25) is 0 Å². The van der Waals surface area contributed by atoms with Crippen molar-refractivity contribution in [1.82, 2.24) is 9.97 Å². The van der Waals surface area contributed by atoms with E-state index in [1.807, 2.05) is 29.6 Å². The topological polar surface area (TPSA) is 51.8 Å². The lowest BCUT2D eigenvalue weighted by atomic mass is 10.1. The van der Waals surface area contributed by atoms with Gasteiger partial charge in [-0.15, -0.1) is 22.7 Å². The highest BCUT2D eigenvalue weighted by atomic mass is 32.1. The number of benzene rings is 1. The van der Waals surface area contributed by atoms with Gasteiger partial charge in [-0.2, -0.15) is 13.2 Å². The quantitative estimate of drug-likeness (QED) is 0.357. The van der Waals surface area contributed by atoms with Gasteiger partial charge in [0.15, 0.2) is 0 Å². The first-order valence-electron chi connectivity index (χ1n) is 7.96. The van der Waals surface area contributed by atoms with Crippen LogP contribution in [0.5, 0.6) is 0 Å². The highest BCUT2D eigenvalue weighted by Crippen LogP contribution is 2.45. The Hall–Kier alpha value is -2.71. The van der Waals surface area contributed by atoms with Gasteiger partial charge in [0.1, 0.15) is 10.6 Å². The highest BCUT2D eigenvalue weighted by Gasteiger charge is 2.35. The summed E-state index contributed by atoms with van der Waals surface area (Å²) in [6.07, 6.45) is -4.52. The van der Waals surface area contributed by atoms with E-state index in [1.165, 1.54) is 22.7 Å². The van der Waals surface area contributed by atoms with Gasteiger partial charge in [-0.1, -0.05) is 30.3 Å². The van der Waals surface area contributed by atoms with Crippen LogP contribution in [-0.4, -0.2) is 9.97 Å². The molecule has 0 aliphatic rings. The lowest BCUT2D eigenvalue weighted by molar-refractivity contribution is -0.136. The van der Waals surface area contributed by atoms with E-state index in [-0.39, 0.29) is 16.7 Å². The van der Waals surface area contributed by atoms with E-state index < -0.39 is 11.7 Å². The van der Waals surface area contributed by atoms with Gasteiger partial charge >= 0.3 is 6.18 Å². The van der Waals surface area contributed by atoms with Gasteiger partial charge in [0.25, 0.3) is 0 Å². The van der Waals surface area contributed by atoms with Crippen LogP contribution in [0.1, 0.15) is 5.56 Å². The van der Waals surface area contributed by atoms with Crippen LogP contribution in [0.2, 0.25) is 0 Å². The fourth-order valence-corrected chi connectivity index (χ4v) is 5.10. The molecule has 2 N–H and O–H groups in total. The molecular weight excluding hydrogens is 391 g/mol. The molecule has 8 heteroatoms. The summed E-state index contributed by atoms with van der Waals surface area (Å²) in [4.78, 5) is 9.83. The number of rotatable bonds is 1. The maximum Gasteiger partial charge on any atom is 0.417 e. The van der Waals surface area contributed by atoms with Crippen molar-refractivity contribution < 1.29 is 13.2 Å². The molecule has 1 aromatic carbocycles. The zero-order valence-corrected chi connectivity index (χ0v) is 15.2. The molecular formula is C19H10F3N3S2. The molecule has 0 amide bonds. The Morgan fingerprint density at radius 3 is 2.44 bits per heavy atom. The van der Waals surface area contributed by atoms with Gasteiger partial charge in [0.2, 0.25) is 0 Å². The summed E-state index contributed by atoms with van der Waals surface area (Å²) >= 11 is 2.57. The van der Waals surface area contributed by atoms with Gasteiger partial charge < -0.3 is 5.73 Å². The molecule has 0 radical (unpaired) electrons. The van der Waals surface area contributed by atoms with E-state index in [0.29, 0.717) is 20.1 Å². The largest absolute Gasteiger partial charge is 0.417 e. The first-order chi connectivity index (χ1) is 12.9. The average molecular weight is 401 g/mol. The van der Waals surface area contributed by atoms with Gasteiger partial charge in [0.05, 0.1) is 31.7 Å². The fourth-order valence-electron chi connectivity index (χ4n) is 3.23.